The lowest BCUT2D eigenvalue weighted by molar-refractivity contribution is -0.177. The molecule has 1 N–H and O–H groups in total. The summed E-state index contributed by atoms with van der Waals surface area (Å²) in [6.07, 6.45) is 8.47. The number of nitrogens with zero attached hydrogens (tertiary/aromatic N) is 2. The van der Waals surface area contributed by atoms with Gasteiger partial charge in [-0.1, -0.05) is 69.9 Å². The van der Waals surface area contributed by atoms with Gasteiger partial charge in [0.25, 0.3) is 0 Å². The summed E-state index contributed by atoms with van der Waals surface area (Å²) in [5.41, 5.74) is 1.46. The van der Waals surface area contributed by atoms with Crippen LogP contribution in [0.1, 0.15) is 101 Å². The van der Waals surface area contributed by atoms with Gasteiger partial charge in [0, 0.05) is 55.5 Å². The Morgan fingerprint density at radius 2 is 1.56 bits per heavy atom. The zero-order valence-electron chi connectivity index (χ0n) is 30.9. The van der Waals surface area contributed by atoms with Gasteiger partial charge >= 0.3 is 0 Å². The quantitative estimate of drug-likeness (QED) is 0.0848. The third kappa shape index (κ3) is 7.80. The number of amides is 1. The molecular formula is C42H54F2N2O6. The Labute approximate surface area is 307 Å². The molecule has 0 bridgehead atoms. The molecule has 6 rings (SSSR count). The zero-order valence-corrected chi connectivity index (χ0v) is 30.9. The summed E-state index contributed by atoms with van der Waals surface area (Å²) in [7, 11) is 1.56. The number of ether oxygens (including phenoxy) is 4. The fourth-order valence-electron chi connectivity index (χ4n) is 8.19. The zero-order chi connectivity index (χ0) is 36.7. The number of piperidine rings is 1. The molecule has 0 aromatic heterocycles. The van der Waals surface area contributed by atoms with Gasteiger partial charge in [-0.15, -0.1) is 0 Å². The number of aliphatic hydroxyl groups is 1. The molecule has 1 spiro atoms. The van der Waals surface area contributed by atoms with E-state index in [1.165, 1.54) is 18.2 Å². The molecule has 8 nitrogen and oxygen atoms in total. The summed E-state index contributed by atoms with van der Waals surface area (Å²) in [6.45, 7) is 6.57. The van der Waals surface area contributed by atoms with Crippen molar-refractivity contribution in [2.24, 2.45) is 11.3 Å². The number of halogens is 2. The van der Waals surface area contributed by atoms with Crippen molar-refractivity contribution in [3.63, 3.8) is 0 Å². The second kappa shape index (κ2) is 17.4. The Hall–Kier alpha value is -3.73. The summed E-state index contributed by atoms with van der Waals surface area (Å²) >= 11 is 0. The predicted octanol–water partition coefficient (Wildman–Crippen LogP) is 8.87. The van der Waals surface area contributed by atoms with Crippen LogP contribution in [0.25, 0.3) is 0 Å². The Morgan fingerprint density at radius 1 is 0.885 bits per heavy atom. The van der Waals surface area contributed by atoms with E-state index in [0.29, 0.717) is 56.1 Å². The van der Waals surface area contributed by atoms with Crippen molar-refractivity contribution in [3.05, 3.63) is 82.9 Å². The van der Waals surface area contributed by atoms with Crippen LogP contribution in [-0.4, -0.2) is 50.7 Å². The number of aliphatic hydroxyl groups excluding tert-OH is 1. The second-order valence-corrected chi connectivity index (χ2v) is 14.5. The van der Waals surface area contributed by atoms with E-state index in [1.807, 2.05) is 30.3 Å². The van der Waals surface area contributed by atoms with Crippen LogP contribution in [0.5, 0.6) is 11.5 Å². The summed E-state index contributed by atoms with van der Waals surface area (Å²) in [5.74, 6) is -0.193. The minimum Gasteiger partial charge on any atom is -0.496 e. The maximum Gasteiger partial charge on any atom is 0.236 e. The first kappa shape index (κ1) is 38.0. The molecule has 282 valence electrons. The van der Waals surface area contributed by atoms with E-state index in [9.17, 15) is 9.90 Å². The fourth-order valence-corrected chi connectivity index (χ4v) is 8.19. The van der Waals surface area contributed by atoms with Crippen molar-refractivity contribution in [2.75, 3.05) is 43.2 Å². The molecule has 10 heteroatoms. The molecule has 1 atom stereocenters. The molecule has 1 aliphatic carbocycles. The second-order valence-electron chi connectivity index (χ2n) is 14.5. The van der Waals surface area contributed by atoms with Crippen molar-refractivity contribution >= 4 is 17.3 Å². The summed E-state index contributed by atoms with van der Waals surface area (Å²) in [5, 5.41) is 9.89. The average molecular weight is 721 g/mol. The van der Waals surface area contributed by atoms with Crippen LogP contribution < -0.4 is 19.3 Å². The number of rotatable bonds is 17. The van der Waals surface area contributed by atoms with E-state index < -0.39 is 23.9 Å². The lowest BCUT2D eigenvalue weighted by Gasteiger charge is -2.55. The fraction of sp³-hybridized carbons (Fsp3) is 0.548. The van der Waals surface area contributed by atoms with Crippen LogP contribution >= 0.6 is 0 Å². The molecule has 52 heavy (non-hydrogen) atoms. The highest BCUT2D eigenvalue weighted by molar-refractivity contribution is 6.07. The molecule has 1 amide bonds. The standard InChI is InChI=1S/C42H54F2N2O6/c1-4-6-21-50-40(51-22-7-5-2)30-15-19-45(20-16-30)35-26-37(49-3)32(24-34(35)44)39-42(17-11-12-18-42)41(48)46(39)36-25-33(43)31(27-47)23-38(36)52-28-29-13-9-8-10-14-29/h8-10,13-14,23-26,30,39-40,47H,4-7,11-12,15-22,27-28H2,1-3H3/t39-/m0/s1. The highest BCUT2D eigenvalue weighted by Crippen LogP contribution is 2.63. The van der Waals surface area contributed by atoms with E-state index in [0.717, 1.165) is 56.9 Å². The lowest BCUT2D eigenvalue weighted by Crippen LogP contribution is -2.62. The monoisotopic (exact) mass is 720 g/mol. The lowest BCUT2D eigenvalue weighted by atomic mass is 9.66. The number of β-lactam (4-membered cyclic amide) rings is 1. The smallest absolute Gasteiger partial charge is 0.236 e. The van der Waals surface area contributed by atoms with E-state index in [1.54, 1.807) is 18.1 Å². The molecule has 2 heterocycles. The Morgan fingerprint density at radius 3 is 2.17 bits per heavy atom. The van der Waals surface area contributed by atoms with Gasteiger partial charge in [0.15, 0.2) is 6.29 Å². The first-order valence-corrected chi connectivity index (χ1v) is 19.1. The van der Waals surface area contributed by atoms with Gasteiger partial charge in [-0.25, -0.2) is 8.78 Å². The van der Waals surface area contributed by atoms with Gasteiger partial charge in [0.1, 0.15) is 29.7 Å². The van der Waals surface area contributed by atoms with Gasteiger partial charge in [-0.2, -0.15) is 0 Å². The van der Waals surface area contributed by atoms with Crippen LogP contribution in [0.2, 0.25) is 0 Å². The molecule has 3 fully saturated rings. The largest absolute Gasteiger partial charge is 0.496 e. The number of hydrogen-bond donors (Lipinski definition) is 1. The molecule has 3 aliphatic rings. The van der Waals surface area contributed by atoms with Crippen molar-refractivity contribution in [1.82, 2.24) is 0 Å². The third-order valence-electron chi connectivity index (χ3n) is 11.1. The van der Waals surface area contributed by atoms with Crippen molar-refractivity contribution in [3.8, 4) is 11.5 Å². The number of methoxy groups -OCH3 is 1. The third-order valence-corrected chi connectivity index (χ3v) is 11.1. The van der Waals surface area contributed by atoms with Crippen molar-refractivity contribution < 1.29 is 37.6 Å². The molecule has 3 aromatic rings. The van der Waals surface area contributed by atoms with Crippen molar-refractivity contribution in [1.29, 1.82) is 0 Å². The molecular weight excluding hydrogens is 666 g/mol. The summed E-state index contributed by atoms with van der Waals surface area (Å²) in [6, 6.07) is 14.9. The number of carbonyl (C=O) groups is 1. The van der Waals surface area contributed by atoms with Crippen molar-refractivity contribution in [2.45, 2.75) is 104 Å². The first-order valence-electron chi connectivity index (χ1n) is 19.1. The summed E-state index contributed by atoms with van der Waals surface area (Å²) in [4.78, 5) is 17.9. The van der Waals surface area contributed by atoms with Gasteiger partial charge in [0.2, 0.25) is 5.91 Å². The highest BCUT2D eigenvalue weighted by Gasteiger charge is 2.63. The average Bonchev–Trinajstić information content (AvgIpc) is 3.69. The van der Waals surface area contributed by atoms with Gasteiger partial charge < -0.3 is 29.0 Å². The van der Waals surface area contributed by atoms with E-state index in [4.69, 9.17) is 18.9 Å². The normalized spacial score (nSPS) is 18.8. The molecule has 0 unspecified atom stereocenters. The SMILES string of the molecule is CCCCOC(OCCCC)C1CCN(c2cc(OC)c([C@@H]3N(c4cc(F)c(CO)cc4OCc4ccccc4)C(=O)C34CCCC4)cc2F)CC1. The Balaban J connectivity index is 1.28. The first-order chi connectivity index (χ1) is 25.3. The Kier molecular flexibility index (Phi) is 12.7. The van der Waals surface area contributed by atoms with Crippen LogP contribution in [0, 0.1) is 23.0 Å². The van der Waals surface area contributed by atoms with Crippen LogP contribution in [-0.2, 0) is 27.5 Å². The highest BCUT2D eigenvalue weighted by atomic mass is 19.1. The predicted molar refractivity (Wildman–Crippen MR) is 198 cm³/mol. The number of hydrogen-bond acceptors (Lipinski definition) is 7. The maximum atomic E-state index is 16.4. The van der Waals surface area contributed by atoms with Gasteiger partial charge in [-0.3, -0.25) is 9.69 Å². The molecule has 0 radical (unpaired) electrons. The molecule has 2 aliphatic heterocycles. The minimum atomic E-state index is -0.757. The van der Waals surface area contributed by atoms with Gasteiger partial charge in [-0.05, 0) is 56.2 Å². The van der Waals surface area contributed by atoms with Crippen LogP contribution in [0.3, 0.4) is 0 Å². The van der Waals surface area contributed by atoms with E-state index in [-0.39, 0.29) is 47.5 Å². The number of benzene rings is 3. The van der Waals surface area contributed by atoms with E-state index in [2.05, 4.69) is 18.7 Å². The molecule has 1 saturated carbocycles. The number of anilines is 2. The van der Waals surface area contributed by atoms with Crippen LogP contribution in [0.4, 0.5) is 20.2 Å². The Bertz CT molecular complexity index is 1630. The van der Waals surface area contributed by atoms with E-state index >= 15 is 8.78 Å². The van der Waals surface area contributed by atoms with Crippen LogP contribution in [0.15, 0.2) is 54.6 Å². The maximum absolute atomic E-state index is 16.4. The molecule has 3 aromatic carbocycles. The topological polar surface area (TPSA) is 80.7 Å². The summed E-state index contributed by atoms with van der Waals surface area (Å²) < 4.78 is 56.4. The number of unbranched alkanes of at least 4 members (excludes halogenated alkanes) is 2. The number of carbonyl (C=O) groups excluding carboxylic acids is 1. The van der Waals surface area contributed by atoms with Gasteiger partial charge in [0.05, 0.1) is 36.5 Å². The minimum absolute atomic E-state index is 0.0648. The molecule has 2 saturated heterocycles.